The van der Waals surface area contributed by atoms with E-state index in [0.29, 0.717) is 26.2 Å². The smallest absolute Gasteiger partial charge is 0.282 e. The Morgan fingerprint density at radius 1 is 0.810 bits per heavy atom. The van der Waals surface area contributed by atoms with Gasteiger partial charge in [0, 0.05) is 52.4 Å². The summed E-state index contributed by atoms with van der Waals surface area (Å²) in [4.78, 5) is 4.57. The molecule has 2 rings (SSSR count). The largest absolute Gasteiger partial charge is 0.304 e. The molecule has 2 heterocycles. The standard InChI is InChI=1S/C14H30N4O2S/c1-3-4-5-6-16-9-13-18(14-10-16)21(19,20)17-11-7-15(2)8-12-17/h3-14H2,1-2H3. The van der Waals surface area contributed by atoms with Crippen LogP contribution in [0.1, 0.15) is 26.2 Å². The molecule has 6 nitrogen and oxygen atoms in total. The molecule has 0 aromatic heterocycles. The molecule has 0 aliphatic carbocycles. The van der Waals surface area contributed by atoms with Gasteiger partial charge in [-0.2, -0.15) is 17.0 Å². The average Bonchev–Trinajstić information content (AvgIpc) is 2.48. The van der Waals surface area contributed by atoms with Crippen LogP contribution in [-0.4, -0.2) is 92.8 Å². The zero-order valence-electron chi connectivity index (χ0n) is 13.5. The Morgan fingerprint density at radius 2 is 1.33 bits per heavy atom. The van der Waals surface area contributed by atoms with E-state index >= 15 is 0 Å². The molecule has 0 bridgehead atoms. The Hall–Kier alpha value is -0.210. The van der Waals surface area contributed by atoms with Crippen LogP contribution in [0.2, 0.25) is 0 Å². The van der Waals surface area contributed by atoms with E-state index in [0.717, 1.165) is 32.7 Å². The van der Waals surface area contributed by atoms with Crippen LogP contribution in [0.4, 0.5) is 0 Å². The Balaban J connectivity index is 1.80. The zero-order valence-corrected chi connectivity index (χ0v) is 14.3. The third-order valence-electron chi connectivity index (χ3n) is 4.52. The lowest BCUT2D eigenvalue weighted by molar-refractivity contribution is 0.168. The first-order chi connectivity index (χ1) is 10.0. The summed E-state index contributed by atoms with van der Waals surface area (Å²) in [7, 11) is -1.20. The topological polar surface area (TPSA) is 47.1 Å². The highest BCUT2D eigenvalue weighted by Crippen LogP contribution is 2.14. The van der Waals surface area contributed by atoms with E-state index in [2.05, 4.69) is 16.7 Å². The van der Waals surface area contributed by atoms with E-state index in [1.807, 2.05) is 7.05 Å². The molecular weight excluding hydrogens is 288 g/mol. The second-order valence-corrected chi connectivity index (χ2v) is 8.09. The highest BCUT2D eigenvalue weighted by molar-refractivity contribution is 7.86. The highest BCUT2D eigenvalue weighted by atomic mass is 32.2. The van der Waals surface area contributed by atoms with Gasteiger partial charge in [0.1, 0.15) is 0 Å². The van der Waals surface area contributed by atoms with Crippen molar-refractivity contribution in [2.75, 3.05) is 66.0 Å². The summed E-state index contributed by atoms with van der Waals surface area (Å²) >= 11 is 0. The maximum absolute atomic E-state index is 12.6. The Labute approximate surface area is 129 Å². The monoisotopic (exact) mass is 318 g/mol. The van der Waals surface area contributed by atoms with Gasteiger partial charge in [-0.25, -0.2) is 0 Å². The van der Waals surface area contributed by atoms with Gasteiger partial charge in [0.2, 0.25) is 0 Å². The highest BCUT2D eigenvalue weighted by Gasteiger charge is 2.33. The number of nitrogens with zero attached hydrogens (tertiary/aromatic N) is 4. The first kappa shape index (κ1) is 17.1. The summed E-state index contributed by atoms with van der Waals surface area (Å²) in [5.74, 6) is 0. The van der Waals surface area contributed by atoms with Gasteiger partial charge in [-0.1, -0.05) is 19.8 Å². The predicted molar refractivity (Wildman–Crippen MR) is 85.5 cm³/mol. The summed E-state index contributed by atoms with van der Waals surface area (Å²) in [6.07, 6.45) is 3.72. The molecule has 0 amide bonds. The van der Waals surface area contributed by atoms with E-state index in [1.165, 1.54) is 19.3 Å². The first-order valence-corrected chi connectivity index (χ1v) is 9.60. The van der Waals surface area contributed by atoms with Crippen LogP contribution in [0.3, 0.4) is 0 Å². The summed E-state index contributed by atoms with van der Waals surface area (Å²) in [5.41, 5.74) is 0. The maximum atomic E-state index is 12.6. The number of hydrogen-bond donors (Lipinski definition) is 0. The predicted octanol–water partition coefficient (Wildman–Crippen LogP) is 0.286. The molecule has 2 aliphatic heterocycles. The van der Waals surface area contributed by atoms with Crippen LogP contribution < -0.4 is 0 Å². The molecule has 2 aliphatic rings. The van der Waals surface area contributed by atoms with Gasteiger partial charge < -0.3 is 9.80 Å². The van der Waals surface area contributed by atoms with Crippen LogP contribution >= 0.6 is 0 Å². The van der Waals surface area contributed by atoms with E-state index in [4.69, 9.17) is 0 Å². The average molecular weight is 318 g/mol. The van der Waals surface area contributed by atoms with Gasteiger partial charge in [-0.3, -0.25) is 0 Å². The molecule has 21 heavy (non-hydrogen) atoms. The number of hydrogen-bond acceptors (Lipinski definition) is 4. The minimum atomic E-state index is -3.24. The number of likely N-dealkylation sites (N-methyl/N-ethyl adjacent to an activating group) is 1. The summed E-state index contributed by atoms with van der Waals surface area (Å²) in [6.45, 7) is 9.24. The lowest BCUT2D eigenvalue weighted by Gasteiger charge is -2.39. The van der Waals surface area contributed by atoms with Gasteiger partial charge in [-0.15, -0.1) is 0 Å². The molecular formula is C14H30N4O2S. The van der Waals surface area contributed by atoms with Crippen molar-refractivity contribution < 1.29 is 8.42 Å². The van der Waals surface area contributed by atoms with E-state index in [1.54, 1.807) is 8.61 Å². The fraction of sp³-hybridized carbons (Fsp3) is 1.00. The number of rotatable bonds is 6. The fourth-order valence-corrected chi connectivity index (χ4v) is 4.53. The second kappa shape index (κ2) is 7.87. The van der Waals surface area contributed by atoms with Crippen molar-refractivity contribution >= 4 is 10.2 Å². The Kier molecular flexibility index (Phi) is 6.43. The summed E-state index contributed by atoms with van der Waals surface area (Å²) in [6, 6.07) is 0. The Morgan fingerprint density at radius 3 is 1.86 bits per heavy atom. The van der Waals surface area contributed by atoms with Gasteiger partial charge >= 0.3 is 0 Å². The van der Waals surface area contributed by atoms with Crippen molar-refractivity contribution in [3.8, 4) is 0 Å². The molecule has 7 heteroatoms. The molecule has 0 atom stereocenters. The molecule has 0 N–H and O–H groups in total. The molecule has 2 fully saturated rings. The van der Waals surface area contributed by atoms with Crippen molar-refractivity contribution in [1.82, 2.24) is 18.4 Å². The molecule has 0 saturated carbocycles. The quantitative estimate of drug-likeness (QED) is 0.660. The summed E-state index contributed by atoms with van der Waals surface area (Å²) in [5, 5.41) is 0. The fourth-order valence-electron chi connectivity index (χ4n) is 2.95. The van der Waals surface area contributed by atoms with Crippen LogP contribution in [0.25, 0.3) is 0 Å². The normalized spacial score (nSPS) is 24.5. The molecule has 0 aromatic rings. The van der Waals surface area contributed by atoms with Gasteiger partial charge in [0.25, 0.3) is 10.2 Å². The second-order valence-electron chi connectivity index (χ2n) is 6.16. The van der Waals surface area contributed by atoms with Crippen LogP contribution in [0, 0.1) is 0 Å². The lowest BCUT2D eigenvalue weighted by atomic mass is 10.2. The first-order valence-electron chi connectivity index (χ1n) is 8.20. The van der Waals surface area contributed by atoms with Gasteiger partial charge in [0.05, 0.1) is 0 Å². The molecule has 0 aromatic carbocycles. The maximum Gasteiger partial charge on any atom is 0.282 e. The van der Waals surface area contributed by atoms with E-state index < -0.39 is 10.2 Å². The van der Waals surface area contributed by atoms with Crippen molar-refractivity contribution in [2.24, 2.45) is 0 Å². The minimum absolute atomic E-state index is 0.621. The molecule has 2 saturated heterocycles. The van der Waals surface area contributed by atoms with E-state index in [9.17, 15) is 8.42 Å². The van der Waals surface area contributed by atoms with Gasteiger partial charge in [0.15, 0.2) is 0 Å². The van der Waals surface area contributed by atoms with Crippen molar-refractivity contribution in [3.05, 3.63) is 0 Å². The van der Waals surface area contributed by atoms with Crippen molar-refractivity contribution in [1.29, 1.82) is 0 Å². The third kappa shape index (κ3) is 4.63. The SMILES string of the molecule is CCCCCN1CCN(S(=O)(=O)N2CCN(C)CC2)CC1. The molecule has 0 unspecified atom stereocenters. The van der Waals surface area contributed by atoms with Crippen molar-refractivity contribution in [3.63, 3.8) is 0 Å². The number of piperazine rings is 2. The van der Waals surface area contributed by atoms with Crippen molar-refractivity contribution in [2.45, 2.75) is 26.2 Å². The zero-order chi connectivity index (χ0) is 15.3. The van der Waals surface area contributed by atoms with Crippen LogP contribution in [-0.2, 0) is 10.2 Å². The Bertz CT molecular complexity index is 399. The summed E-state index contributed by atoms with van der Waals surface area (Å²) < 4.78 is 28.6. The van der Waals surface area contributed by atoms with Crippen LogP contribution in [0.5, 0.6) is 0 Å². The van der Waals surface area contributed by atoms with E-state index in [-0.39, 0.29) is 0 Å². The molecule has 0 spiro atoms. The van der Waals surface area contributed by atoms with Gasteiger partial charge in [-0.05, 0) is 20.0 Å². The lowest BCUT2D eigenvalue weighted by Crippen LogP contribution is -2.56. The third-order valence-corrected chi connectivity index (χ3v) is 6.56. The molecule has 124 valence electrons. The number of unbranched alkanes of at least 4 members (excludes halogenated alkanes) is 2. The molecule has 0 radical (unpaired) electrons. The van der Waals surface area contributed by atoms with Crippen LogP contribution in [0.15, 0.2) is 0 Å². The minimum Gasteiger partial charge on any atom is -0.304 e.